The van der Waals surface area contributed by atoms with Gasteiger partial charge in [0.25, 0.3) is 0 Å². The van der Waals surface area contributed by atoms with E-state index in [2.05, 4.69) is 18.3 Å². The number of rotatable bonds is 5. The lowest BCUT2D eigenvalue weighted by molar-refractivity contribution is 0.466. The zero-order valence-electron chi connectivity index (χ0n) is 13.5. The minimum Gasteiger partial charge on any atom is -0.504 e. The number of aryl methyl sites for hydroxylation is 1. The first-order valence-electron chi connectivity index (χ1n) is 7.93. The van der Waals surface area contributed by atoms with Crippen molar-refractivity contribution in [2.24, 2.45) is 0 Å². The van der Waals surface area contributed by atoms with Crippen molar-refractivity contribution in [3.05, 3.63) is 60.2 Å². The van der Waals surface area contributed by atoms with Crippen molar-refractivity contribution in [3.8, 4) is 28.2 Å². The van der Waals surface area contributed by atoms with E-state index in [0.717, 1.165) is 29.5 Å². The Hall–Kier alpha value is -2.68. The van der Waals surface area contributed by atoms with Gasteiger partial charge < -0.3 is 14.8 Å². The van der Waals surface area contributed by atoms with Gasteiger partial charge in [0.2, 0.25) is 5.88 Å². The van der Waals surface area contributed by atoms with Crippen LogP contribution in [0.25, 0.3) is 22.5 Å². The van der Waals surface area contributed by atoms with Gasteiger partial charge in [-0.05, 0) is 17.5 Å². The highest BCUT2D eigenvalue weighted by Crippen LogP contribution is 2.47. The zero-order valence-corrected chi connectivity index (χ0v) is 13.5. The minimum atomic E-state index is 0.184. The maximum atomic E-state index is 10.8. The topological polar surface area (TPSA) is 45.4 Å². The fourth-order valence-corrected chi connectivity index (χ4v) is 2.89. The lowest BCUT2D eigenvalue weighted by Gasteiger charge is -2.09. The standard InChI is InChI=1S/C20H21NO2/c1-3-9-14-10-7-8-13-16(14)17-18(22)19(23-20(17)21-2)15-11-5-4-6-12-15/h4-8,10-13,21-22H,3,9H2,1-2H3. The molecule has 2 N–H and O–H groups in total. The van der Waals surface area contributed by atoms with E-state index in [-0.39, 0.29) is 5.75 Å². The maximum absolute atomic E-state index is 10.8. The van der Waals surface area contributed by atoms with Gasteiger partial charge in [0.15, 0.2) is 11.5 Å². The molecule has 3 nitrogen and oxygen atoms in total. The van der Waals surface area contributed by atoms with E-state index in [1.54, 1.807) is 7.05 Å². The summed E-state index contributed by atoms with van der Waals surface area (Å²) in [5, 5.41) is 13.9. The van der Waals surface area contributed by atoms with Crippen LogP contribution in [0.15, 0.2) is 59.0 Å². The molecule has 3 heteroatoms. The van der Waals surface area contributed by atoms with Crippen molar-refractivity contribution >= 4 is 5.88 Å². The molecular weight excluding hydrogens is 286 g/mol. The SMILES string of the molecule is CCCc1ccccc1-c1c(NC)oc(-c2ccccc2)c1O. The molecule has 118 valence electrons. The molecule has 1 heterocycles. The van der Waals surface area contributed by atoms with Crippen molar-refractivity contribution in [3.63, 3.8) is 0 Å². The largest absolute Gasteiger partial charge is 0.504 e. The number of anilines is 1. The third-order valence-corrected chi connectivity index (χ3v) is 3.95. The molecule has 0 bridgehead atoms. The summed E-state index contributed by atoms with van der Waals surface area (Å²) in [4.78, 5) is 0. The monoisotopic (exact) mass is 307 g/mol. The summed E-state index contributed by atoms with van der Waals surface area (Å²) < 4.78 is 5.91. The van der Waals surface area contributed by atoms with Crippen LogP contribution in [0.2, 0.25) is 0 Å². The first kappa shape index (κ1) is 15.2. The lowest BCUT2D eigenvalue weighted by Crippen LogP contribution is -1.92. The highest BCUT2D eigenvalue weighted by Gasteiger charge is 2.23. The molecule has 0 atom stereocenters. The second kappa shape index (κ2) is 6.61. The summed E-state index contributed by atoms with van der Waals surface area (Å²) in [5.74, 6) is 1.27. The third kappa shape index (κ3) is 2.82. The van der Waals surface area contributed by atoms with Gasteiger partial charge in [-0.2, -0.15) is 0 Å². The van der Waals surface area contributed by atoms with E-state index in [4.69, 9.17) is 4.42 Å². The molecule has 0 aliphatic carbocycles. The van der Waals surface area contributed by atoms with Crippen LogP contribution in [0, 0.1) is 0 Å². The molecule has 23 heavy (non-hydrogen) atoms. The van der Waals surface area contributed by atoms with Gasteiger partial charge in [-0.1, -0.05) is 67.9 Å². The summed E-state index contributed by atoms with van der Waals surface area (Å²) in [5.41, 5.74) is 3.82. The summed E-state index contributed by atoms with van der Waals surface area (Å²) in [7, 11) is 1.80. The number of hydrogen-bond donors (Lipinski definition) is 2. The Bertz CT molecular complexity index is 791. The predicted octanol–water partition coefficient (Wildman–Crippen LogP) is 5.31. The summed E-state index contributed by atoms with van der Waals surface area (Å²) >= 11 is 0. The first-order chi connectivity index (χ1) is 11.3. The molecule has 0 aliphatic rings. The Morgan fingerprint density at radius 3 is 2.39 bits per heavy atom. The molecule has 0 unspecified atom stereocenters. The van der Waals surface area contributed by atoms with Crippen LogP contribution >= 0.6 is 0 Å². The molecule has 2 aromatic carbocycles. The average Bonchev–Trinajstić information content (AvgIpc) is 2.93. The fourth-order valence-electron chi connectivity index (χ4n) is 2.89. The van der Waals surface area contributed by atoms with Gasteiger partial charge in [-0.15, -0.1) is 0 Å². The molecule has 0 amide bonds. The van der Waals surface area contributed by atoms with E-state index in [1.165, 1.54) is 5.56 Å². The Morgan fingerprint density at radius 1 is 1.00 bits per heavy atom. The number of hydrogen-bond acceptors (Lipinski definition) is 3. The predicted molar refractivity (Wildman–Crippen MR) is 94.8 cm³/mol. The molecule has 0 saturated carbocycles. The van der Waals surface area contributed by atoms with E-state index in [0.29, 0.717) is 11.6 Å². The minimum absolute atomic E-state index is 0.184. The van der Waals surface area contributed by atoms with Crippen molar-refractivity contribution < 1.29 is 9.52 Å². The number of benzene rings is 2. The molecule has 0 aliphatic heterocycles. The Morgan fingerprint density at radius 2 is 1.70 bits per heavy atom. The van der Waals surface area contributed by atoms with Gasteiger partial charge in [-0.25, -0.2) is 0 Å². The smallest absolute Gasteiger partial charge is 0.205 e. The Labute approximate surface area is 136 Å². The zero-order chi connectivity index (χ0) is 16.2. The maximum Gasteiger partial charge on any atom is 0.205 e. The van der Waals surface area contributed by atoms with Crippen molar-refractivity contribution in [1.82, 2.24) is 0 Å². The van der Waals surface area contributed by atoms with Gasteiger partial charge in [0.1, 0.15) is 0 Å². The molecule has 0 spiro atoms. The van der Waals surface area contributed by atoms with Gasteiger partial charge in [-0.3, -0.25) is 0 Å². The van der Waals surface area contributed by atoms with Crippen LogP contribution in [-0.2, 0) is 6.42 Å². The quantitative estimate of drug-likeness (QED) is 0.671. The van der Waals surface area contributed by atoms with Gasteiger partial charge in [0.05, 0.1) is 5.56 Å². The molecule has 3 aromatic rings. The molecule has 3 rings (SSSR count). The van der Waals surface area contributed by atoms with Crippen LogP contribution in [0.5, 0.6) is 5.75 Å². The van der Waals surface area contributed by atoms with E-state index < -0.39 is 0 Å². The number of nitrogens with one attached hydrogen (secondary N) is 1. The average molecular weight is 307 g/mol. The second-order valence-corrected chi connectivity index (χ2v) is 5.51. The highest BCUT2D eigenvalue weighted by atomic mass is 16.4. The van der Waals surface area contributed by atoms with Crippen LogP contribution in [0.4, 0.5) is 5.88 Å². The normalized spacial score (nSPS) is 10.7. The summed E-state index contributed by atoms with van der Waals surface area (Å²) in [6.45, 7) is 2.15. The van der Waals surface area contributed by atoms with Crippen molar-refractivity contribution in [2.75, 3.05) is 12.4 Å². The molecule has 0 saturated heterocycles. The first-order valence-corrected chi connectivity index (χ1v) is 7.93. The molecule has 0 fully saturated rings. The third-order valence-electron chi connectivity index (χ3n) is 3.95. The fraction of sp³-hybridized carbons (Fsp3) is 0.200. The van der Waals surface area contributed by atoms with Crippen LogP contribution < -0.4 is 5.32 Å². The van der Waals surface area contributed by atoms with Gasteiger partial charge in [0, 0.05) is 12.6 Å². The second-order valence-electron chi connectivity index (χ2n) is 5.51. The summed E-state index contributed by atoms with van der Waals surface area (Å²) in [6.07, 6.45) is 2.01. The van der Waals surface area contributed by atoms with Gasteiger partial charge >= 0.3 is 0 Å². The lowest BCUT2D eigenvalue weighted by atomic mass is 9.97. The highest BCUT2D eigenvalue weighted by molar-refractivity contribution is 5.88. The van der Waals surface area contributed by atoms with Crippen molar-refractivity contribution in [1.29, 1.82) is 0 Å². The van der Waals surface area contributed by atoms with E-state index in [1.807, 2.05) is 48.5 Å². The Balaban J connectivity index is 2.19. The van der Waals surface area contributed by atoms with Crippen LogP contribution in [0.1, 0.15) is 18.9 Å². The Kier molecular flexibility index (Phi) is 4.38. The van der Waals surface area contributed by atoms with Crippen LogP contribution in [-0.4, -0.2) is 12.2 Å². The number of furan rings is 1. The summed E-state index contributed by atoms with van der Waals surface area (Å²) in [6, 6.07) is 17.8. The van der Waals surface area contributed by atoms with E-state index in [9.17, 15) is 5.11 Å². The number of aromatic hydroxyl groups is 1. The molecule has 1 aromatic heterocycles. The molecular formula is C20H21NO2. The van der Waals surface area contributed by atoms with E-state index >= 15 is 0 Å². The molecule has 0 radical (unpaired) electrons. The van der Waals surface area contributed by atoms with Crippen LogP contribution in [0.3, 0.4) is 0 Å². The van der Waals surface area contributed by atoms with Crippen molar-refractivity contribution in [2.45, 2.75) is 19.8 Å².